The number of benzene rings is 1. The highest BCUT2D eigenvalue weighted by Crippen LogP contribution is 2.22. The molecule has 1 rings (SSSR count). The Bertz CT molecular complexity index is 529. The molecule has 0 aliphatic heterocycles. The molecule has 0 bridgehead atoms. The summed E-state index contributed by atoms with van der Waals surface area (Å²) in [6.07, 6.45) is -0.442. The van der Waals surface area contributed by atoms with Crippen molar-refractivity contribution in [1.29, 1.82) is 0 Å². The molecule has 2 unspecified atom stereocenters. The van der Waals surface area contributed by atoms with E-state index in [1.54, 1.807) is 12.1 Å². The lowest BCUT2D eigenvalue weighted by Crippen LogP contribution is -2.41. The quantitative estimate of drug-likeness (QED) is 0.841. The van der Waals surface area contributed by atoms with Gasteiger partial charge < -0.3 is 20.1 Å². The van der Waals surface area contributed by atoms with E-state index in [1.165, 1.54) is 13.2 Å². The first-order valence-corrected chi connectivity index (χ1v) is 7.68. The lowest BCUT2D eigenvalue weighted by molar-refractivity contribution is 0.0522. The van der Waals surface area contributed by atoms with Crippen LogP contribution in [0.15, 0.2) is 18.2 Å². The number of ether oxygens (including phenoxy) is 2. The fourth-order valence-corrected chi connectivity index (χ4v) is 2.08. The minimum absolute atomic E-state index is 0.0139. The number of nitrogens with one attached hydrogen (secondary N) is 2. The normalized spacial score (nSPS) is 14.0. The first-order valence-electron chi connectivity index (χ1n) is 7.68. The van der Waals surface area contributed by atoms with Gasteiger partial charge in [-0.2, -0.15) is 0 Å². The van der Waals surface area contributed by atoms with Crippen LogP contribution >= 0.6 is 0 Å². The molecule has 0 aromatic heterocycles. The average molecular weight is 326 g/mol. The summed E-state index contributed by atoms with van der Waals surface area (Å²) in [6, 6.07) is 4.77. The van der Waals surface area contributed by atoms with E-state index in [0.717, 1.165) is 5.56 Å². The topological polar surface area (TPSA) is 59.6 Å². The van der Waals surface area contributed by atoms with Crippen molar-refractivity contribution in [2.24, 2.45) is 0 Å². The summed E-state index contributed by atoms with van der Waals surface area (Å²) < 4.78 is 23.6. The molecule has 1 aromatic carbocycles. The van der Waals surface area contributed by atoms with Crippen LogP contribution in [0.2, 0.25) is 0 Å². The van der Waals surface area contributed by atoms with E-state index in [0.29, 0.717) is 6.54 Å². The van der Waals surface area contributed by atoms with E-state index < -0.39 is 11.7 Å². The van der Waals surface area contributed by atoms with Crippen molar-refractivity contribution in [2.45, 2.75) is 52.3 Å². The van der Waals surface area contributed by atoms with Gasteiger partial charge >= 0.3 is 6.09 Å². The zero-order valence-corrected chi connectivity index (χ0v) is 14.7. The maximum Gasteiger partial charge on any atom is 0.407 e. The van der Waals surface area contributed by atoms with E-state index >= 15 is 0 Å². The van der Waals surface area contributed by atoms with Crippen LogP contribution < -0.4 is 15.4 Å². The van der Waals surface area contributed by atoms with Gasteiger partial charge in [0.25, 0.3) is 0 Å². The molecule has 23 heavy (non-hydrogen) atoms. The highest BCUT2D eigenvalue weighted by Gasteiger charge is 2.17. The van der Waals surface area contributed by atoms with Crippen LogP contribution in [0.4, 0.5) is 9.18 Å². The van der Waals surface area contributed by atoms with Crippen LogP contribution in [-0.4, -0.2) is 31.4 Å². The molecule has 0 saturated heterocycles. The minimum Gasteiger partial charge on any atom is -0.494 e. The molecule has 0 heterocycles. The largest absolute Gasteiger partial charge is 0.494 e. The SMILES string of the molecule is COc1cc(C(C)NC(C)CNC(=O)OC(C)(C)C)ccc1F. The molecule has 1 amide bonds. The Labute approximate surface area is 137 Å². The van der Waals surface area contributed by atoms with Gasteiger partial charge in [-0.25, -0.2) is 9.18 Å². The third kappa shape index (κ3) is 6.86. The molecule has 2 N–H and O–H groups in total. The Kier molecular flexibility index (Phi) is 6.81. The standard InChI is InChI=1S/C17H27FN2O3/c1-11(10-19-16(21)23-17(3,4)5)20-12(2)13-7-8-14(18)15(9-13)22-6/h7-9,11-12,20H,10H2,1-6H3,(H,19,21). The minimum atomic E-state index is -0.515. The Morgan fingerprint density at radius 1 is 1.30 bits per heavy atom. The summed E-state index contributed by atoms with van der Waals surface area (Å²) >= 11 is 0. The molecule has 5 nitrogen and oxygen atoms in total. The van der Waals surface area contributed by atoms with Crippen LogP contribution in [0.5, 0.6) is 5.75 Å². The summed E-state index contributed by atoms with van der Waals surface area (Å²) in [5.41, 5.74) is 0.394. The molecule has 0 aliphatic rings. The lowest BCUT2D eigenvalue weighted by atomic mass is 10.1. The number of halogens is 1. The summed E-state index contributed by atoms with van der Waals surface area (Å²) in [7, 11) is 1.44. The summed E-state index contributed by atoms with van der Waals surface area (Å²) in [5, 5.41) is 6.06. The lowest BCUT2D eigenvalue weighted by Gasteiger charge is -2.23. The van der Waals surface area contributed by atoms with Crippen LogP contribution in [0.3, 0.4) is 0 Å². The second-order valence-corrected chi connectivity index (χ2v) is 6.57. The molecule has 0 saturated carbocycles. The van der Waals surface area contributed by atoms with Gasteiger partial charge in [0.15, 0.2) is 11.6 Å². The molecule has 6 heteroatoms. The maximum atomic E-state index is 13.4. The van der Waals surface area contributed by atoms with Gasteiger partial charge in [-0.15, -0.1) is 0 Å². The van der Waals surface area contributed by atoms with Crippen LogP contribution in [0.1, 0.15) is 46.2 Å². The Hall–Kier alpha value is -1.82. The molecule has 1 aromatic rings. The Balaban J connectivity index is 2.50. The van der Waals surface area contributed by atoms with Gasteiger partial charge in [0, 0.05) is 18.6 Å². The third-order valence-corrected chi connectivity index (χ3v) is 3.16. The molecule has 0 aliphatic carbocycles. The van der Waals surface area contributed by atoms with Crippen molar-refractivity contribution in [1.82, 2.24) is 10.6 Å². The molecule has 0 spiro atoms. The van der Waals surface area contributed by atoms with E-state index in [2.05, 4.69) is 10.6 Å². The van der Waals surface area contributed by atoms with Gasteiger partial charge in [0.1, 0.15) is 5.60 Å². The zero-order chi connectivity index (χ0) is 17.6. The fraction of sp³-hybridized carbons (Fsp3) is 0.588. The number of hydrogen-bond acceptors (Lipinski definition) is 4. The van der Waals surface area contributed by atoms with Crippen LogP contribution in [0.25, 0.3) is 0 Å². The number of alkyl carbamates (subject to hydrolysis) is 1. The third-order valence-electron chi connectivity index (χ3n) is 3.16. The second-order valence-electron chi connectivity index (χ2n) is 6.57. The number of hydrogen-bond donors (Lipinski definition) is 2. The first kappa shape index (κ1) is 19.2. The van der Waals surface area contributed by atoms with Gasteiger partial charge in [0.2, 0.25) is 0 Å². The van der Waals surface area contributed by atoms with Crippen molar-refractivity contribution >= 4 is 6.09 Å². The zero-order valence-electron chi connectivity index (χ0n) is 14.7. The van der Waals surface area contributed by atoms with E-state index in [4.69, 9.17) is 9.47 Å². The second kappa shape index (κ2) is 8.15. The number of carbonyl (C=O) groups excluding carboxylic acids is 1. The van der Waals surface area contributed by atoms with Crippen molar-refractivity contribution in [3.63, 3.8) is 0 Å². The monoisotopic (exact) mass is 326 g/mol. The number of rotatable bonds is 6. The summed E-state index contributed by atoms with van der Waals surface area (Å²) in [4.78, 5) is 11.6. The van der Waals surface area contributed by atoms with Crippen molar-refractivity contribution in [3.8, 4) is 5.75 Å². The number of methoxy groups -OCH3 is 1. The fourth-order valence-electron chi connectivity index (χ4n) is 2.08. The van der Waals surface area contributed by atoms with Crippen LogP contribution in [-0.2, 0) is 4.74 Å². The predicted molar refractivity (Wildman–Crippen MR) is 88.2 cm³/mol. The molecule has 130 valence electrons. The highest BCUT2D eigenvalue weighted by atomic mass is 19.1. The highest BCUT2D eigenvalue weighted by molar-refractivity contribution is 5.67. The predicted octanol–water partition coefficient (Wildman–Crippen LogP) is 3.40. The maximum absolute atomic E-state index is 13.4. The average Bonchev–Trinajstić information content (AvgIpc) is 2.43. The molecule has 0 fully saturated rings. The Morgan fingerprint density at radius 2 is 1.96 bits per heavy atom. The van der Waals surface area contributed by atoms with Gasteiger partial charge in [-0.3, -0.25) is 0 Å². The summed E-state index contributed by atoms with van der Waals surface area (Å²) in [6.45, 7) is 9.80. The molecular formula is C17H27FN2O3. The van der Waals surface area contributed by atoms with Gasteiger partial charge in [-0.05, 0) is 52.3 Å². The van der Waals surface area contributed by atoms with E-state index in [-0.39, 0.29) is 23.7 Å². The smallest absolute Gasteiger partial charge is 0.407 e. The van der Waals surface area contributed by atoms with Gasteiger partial charge in [-0.1, -0.05) is 6.07 Å². The molecule has 0 radical (unpaired) electrons. The van der Waals surface area contributed by atoms with Crippen molar-refractivity contribution < 1.29 is 18.7 Å². The van der Waals surface area contributed by atoms with Gasteiger partial charge in [0.05, 0.1) is 7.11 Å². The Morgan fingerprint density at radius 3 is 2.52 bits per heavy atom. The summed E-state index contributed by atoms with van der Waals surface area (Å²) in [5.74, 6) is -0.168. The first-order chi connectivity index (χ1) is 10.6. The molecular weight excluding hydrogens is 299 g/mol. The van der Waals surface area contributed by atoms with E-state index in [1.807, 2.05) is 34.6 Å². The van der Waals surface area contributed by atoms with Crippen molar-refractivity contribution in [3.05, 3.63) is 29.6 Å². The number of amides is 1. The molecule has 2 atom stereocenters. The van der Waals surface area contributed by atoms with Crippen molar-refractivity contribution in [2.75, 3.05) is 13.7 Å². The number of carbonyl (C=O) groups is 1. The van der Waals surface area contributed by atoms with Crippen LogP contribution in [0, 0.1) is 5.82 Å². The van der Waals surface area contributed by atoms with E-state index in [9.17, 15) is 9.18 Å².